The Labute approximate surface area is 106 Å². The molecule has 2 unspecified atom stereocenters. The quantitative estimate of drug-likeness (QED) is 0.630. The Hall–Kier alpha value is -1.50. The van der Waals surface area contributed by atoms with Crippen molar-refractivity contribution >= 4 is 5.97 Å². The van der Waals surface area contributed by atoms with Crippen molar-refractivity contribution in [2.24, 2.45) is 0 Å². The Bertz CT molecular complexity index is 423. The zero-order chi connectivity index (χ0) is 13.7. The molecule has 3 N–H and O–H groups in total. The van der Waals surface area contributed by atoms with E-state index in [1.54, 1.807) is 20.0 Å². The van der Waals surface area contributed by atoms with E-state index in [2.05, 4.69) is 15.0 Å². The molecule has 1 aromatic rings. The molecule has 1 aromatic heterocycles. The summed E-state index contributed by atoms with van der Waals surface area (Å²) in [5.74, 6) is -0.524. The Morgan fingerprint density at radius 2 is 2.22 bits per heavy atom. The summed E-state index contributed by atoms with van der Waals surface area (Å²) in [5.41, 5.74) is 1.26. The van der Waals surface area contributed by atoms with Crippen LogP contribution in [-0.2, 0) is 4.74 Å². The minimum Gasteiger partial charge on any atom is -0.464 e. The molecule has 0 aliphatic rings. The maximum absolute atomic E-state index is 11.3. The van der Waals surface area contributed by atoms with E-state index in [0.29, 0.717) is 11.1 Å². The van der Waals surface area contributed by atoms with Crippen LogP contribution in [0, 0.1) is 6.92 Å². The van der Waals surface area contributed by atoms with Crippen LogP contribution >= 0.6 is 0 Å². The average Bonchev–Trinajstić information content (AvgIpc) is 2.37. The van der Waals surface area contributed by atoms with E-state index in [4.69, 9.17) is 0 Å². The first-order valence-corrected chi connectivity index (χ1v) is 5.56. The fourth-order valence-corrected chi connectivity index (χ4v) is 1.61. The van der Waals surface area contributed by atoms with Crippen molar-refractivity contribution in [2.75, 3.05) is 20.7 Å². The van der Waals surface area contributed by atoms with Gasteiger partial charge in [0.15, 0.2) is 5.69 Å². The number of aliphatic hydroxyl groups is 2. The fraction of sp³-hybridized carbons (Fsp3) is 0.500. The highest BCUT2D eigenvalue weighted by Gasteiger charge is 2.20. The largest absolute Gasteiger partial charge is 0.464 e. The summed E-state index contributed by atoms with van der Waals surface area (Å²) in [6, 6.07) is 1.61. The highest BCUT2D eigenvalue weighted by atomic mass is 16.5. The third kappa shape index (κ3) is 3.25. The number of nitrogens with zero attached hydrogens (tertiary/aromatic N) is 1. The third-order valence-electron chi connectivity index (χ3n) is 2.60. The van der Waals surface area contributed by atoms with Gasteiger partial charge in [-0.3, -0.25) is 0 Å². The topological polar surface area (TPSA) is 91.7 Å². The molecule has 100 valence electrons. The summed E-state index contributed by atoms with van der Waals surface area (Å²) in [4.78, 5) is 15.3. The maximum Gasteiger partial charge on any atom is 0.356 e. The van der Waals surface area contributed by atoms with Crippen LogP contribution in [0.5, 0.6) is 0 Å². The van der Waals surface area contributed by atoms with Crippen molar-refractivity contribution in [3.8, 4) is 0 Å². The number of aliphatic hydroxyl groups excluding tert-OH is 2. The van der Waals surface area contributed by atoms with Gasteiger partial charge in [0, 0.05) is 18.3 Å². The molecule has 1 rings (SSSR count). The van der Waals surface area contributed by atoms with Crippen molar-refractivity contribution in [1.82, 2.24) is 10.3 Å². The molecule has 0 aliphatic heterocycles. The number of pyridine rings is 1. The zero-order valence-electron chi connectivity index (χ0n) is 10.7. The molecule has 1 heterocycles. The number of aryl methyl sites for hydroxylation is 1. The first-order chi connectivity index (χ1) is 8.51. The molecule has 0 radical (unpaired) electrons. The fourth-order valence-electron chi connectivity index (χ4n) is 1.61. The highest BCUT2D eigenvalue weighted by molar-refractivity contribution is 5.88. The summed E-state index contributed by atoms with van der Waals surface area (Å²) in [7, 11) is 2.96. The molecule has 0 aliphatic carbocycles. The van der Waals surface area contributed by atoms with Crippen LogP contribution in [0.4, 0.5) is 0 Å². The number of methoxy groups -OCH3 is 1. The van der Waals surface area contributed by atoms with Crippen molar-refractivity contribution in [3.63, 3.8) is 0 Å². The lowest BCUT2D eigenvalue weighted by Gasteiger charge is -2.18. The molecule has 18 heavy (non-hydrogen) atoms. The standard InChI is InChI=1S/C12H18N2O4/c1-7-4-8(11(16)9(15)6-13-2)5-14-10(7)12(17)18-3/h4-5,9,11,13,15-16H,6H2,1-3H3. The average molecular weight is 254 g/mol. The lowest BCUT2D eigenvalue weighted by atomic mass is 10.0. The number of carbonyl (C=O) groups excluding carboxylic acids is 1. The van der Waals surface area contributed by atoms with Gasteiger partial charge in [-0.25, -0.2) is 9.78 Å². The van der Waals surface area contributed by atoms with Crippen LogP contribution < -0.4 is 5.32 Å². The van der Waals surface area contributed by atoms with E-state index in [-0.39, 0.29) is 12.2 Å². The third-order valence-corrected chi connectivity index (χ3v) is 2.60. The van der Waals surface area contributed by atoms with E-state index in [0.717, 1.165) is 0 Å². The Morgan fingerprint density at radius 3 is 2.72 bits per heavy atom. The van der Waals surface area contributed by atoms with Gasteiger partial charge < -0.3 is 20.3 Å². The number of hydrogen-bond acceptors (Lipinski definition) is 6. The van der Waals surface area contributed by atoms with Gasteiger partial charge >= 0.3 is 5.97 Å². The molecule has 0 saturated heterocycles. The van der Waals surface area contributed by atoms with Crippen LogP contribution in [0.2, 0.25) is 0 Å². The van der Waals surface area contributed by atoms with E-state index in [9.17, 15) is 15.0 Å². The molecule has 2 atom stereocenters. The van der Waals surface area contributed by atoms with E-state index in [1.807, 2.05) is 0 Å². The van der Waals surface area contributed by atoms with E-state index < -0.39 is 18.2 Å². The van der Waals surface area contributed by atoms with Crippen molar-refractivity contribution in [3.05, 3.63) is 29.1 Å². The second-order valence-electron chi connectivity index (χ2n) is 4.00. The van der Waals surface area contributed by atoms with Gasteiger partial charge in [-0.15, -0.1) is 0 Å². The van der Waals surface area contributed by atoms with Crippen LogP contribution in [0.15, 0.2) is 12.3 Å². The highest BCUT2D eigenvalue weighted by Crippen LogP contribution is 2.18. The Balaban J connectivity index is 2.93. The van der Waals surface area contributed by atoms with Gasteiger partial charge in [0.25, 0.3) is 0 Å². The minimum absolute atomic E-state index is 0.205. The smallest absolute Gasteiger partial charge is 0.356 e. The van der Waals surface area contributed by atoms with E-state index >= 15 is 0 Å². The lowest BCUT2D eigenvalue weighted by Crippen LogP contribution is -2.29. The van der Waals surface area contributed by atoms with Crippen molar-refractivity contribution in [2.45, 2.75) is 19.1 Å². The van der Waals surface area contributed by atoms with Gasteiger partial charge in [0.05, 0.1) is 13.2 Å². The van der Waals surface area contributed by atoms with Crippen molar-refractivity contribution < 1.29 is 19.7 Å². The predicted molar refractivity (Wildman–Crippen MR) is 65.2 cm³/mol. The van der Waals surface area contributed by atoms with Crippen LogP contribution in [-0.4, -0.2) is 48.0 Å². The molecule has 6 nitrogen and oxygen atoms in total. The van der Waals surface area contributed by atoms with Gasteiger partial charge in [0.2, 0.25) is 0 Å². The summed E-state index contributed by atoms with van der Waals surface area (Å²) in [6.07, 6.45) is -0.612. The molecule has 0 bridgehead atoms. The number of ether oxygens (including phenoxy) is 1. The number of likely N-dealkylation sites (N-methyl/N-ethyl adjacent to an activating group) is 1. The molecule has 0 aromatic carbocycles. The van der Waals surface area contributed by atoms with Crippen LogP contribution in [0.25, 0.3) is 0 Å². The normalized spacial score (nSPS) is 14.1. The second kappa shape index (κ2) is 6.44. The number of aromatic nitrogens is 1. The monoisotopic (exact) mass is 254 g/mol. The van der Waals surface area contributed by atoms with Gasteiger partial charge in [-0.2, -0.15) is 0 Å². The summed E-state index contributed by atoms with van der Waals surface area (Å²) >= 11 is 0. The lowest BCUT2D eigenvalue weighted by molar-refractivity contribution is 0.0199. The number of hydrogen-bond donors (Lipinski definition) is 3. The predicted octanol–water partition coefficient (Wildman–Crippen LogP) is -0.210. The summed E-state index contributed by atoms with van der Waals surface area (Å²) < 4.78 is 4.58. The number of rotatable bonds is 5. The number of nitrogens with one attached hydrogen (secondary N) is 1. The first-order valence-electron chi connectivity index (χ1n) is 5.56. The molecular weight excluding hydrogens is 236 g/mol. The minimum atomic E-state index is -1.05. The van der Waals surface area contributed by atoms with Crippen LogP contribution in [0.3, 0.4) is 0 Å². The van der Waals surface area contributed by atoms with Crippen LogP contribution in [0.1, 0.15) is 27.7 Å². The van der Waals surface area contributed by atoms with Gasteiger partial charge in [-0.1, -0.05) is 0 Å². The number of carbonyl (C=O) groups is 1. The van der Waals surface area contributed by atoms with E-state index in [1.165, 1.54) is 13.3 Å². The maximum atomic E-state index is 11.3. The second-order valence-corrected chi connectivity index (χ2v) is 4.00. The SMILES string of the molecule is CNCC(O)C(O)c1cnc(C(=O)OC)c(C)c1. The van der Waals surface area contributed by atoms with Gasteiger partial charge in [-0.05, 0) is 25.6 Å². The van der Waals surface area contributed by atoms with Gasteiger partial charge in [0.1, 0.15) is 6.10 Å². The Morgan fingerprint density at radius 1 is 1.56 bits per heavy atom. The molecule has 6 heteroatoms. The zero-order valence-corrected chi connectivity index (χ0v) is 10.7. The molecule has 0 fully saturated rings. The first kappa shape index (κ1) is 14.6. The molecular formula is C12H18N2O4. The van der Waals surface area contributed by atoms with Crippen molar-refractivity contribution in [1.29, 1.82) is 0 Å². The Kier molecular flexibility index (Phi) is 5.21. The summed E-state index contributed by atoms with van der Waals surface area (Å²) in [6.45, 7) is 1.96. The number of esters is 1. The molecule has 0 saturated carbocycles. The molecule has 0 spiro atoms. The molecule has 0 amide bonds. The summed E-state index contributed by atoms with van der Waals surface area (Å²) in [5, 5.41) is 22.3.